The van der Waals surface area contributed by atoms with E-state index in [1.165, 1.54) is 0 Å². The number of amides is 2. The van der Waals surface area contributed by atoms with E-state index >= 15 is 0 Å². The smallest absolute Gasteiger partial charge is 0.253 e. The van der Waals surface area contributed by atoms with Gasteiger partial charge >= 0.3 is 0 Å². The molecule has 6 nitrogen and oxygen atoms in total. The first kappa shape index (κ1) is 21.7. The van der Waals surface area contributed by atoms with Crippen molar-refractivity contribution in [3.8, 4) is 11.4 Å². The molecule has 2 aromatic carbocycles. The number of para-hydroxylation sites is 1. The Balaban J connectivity index is 1.17. The maximum atomic E-state index is 12.8. The van der Waals surface area contributed by atoms with Crippen molar-refractivity contribution in [2.75, 3.05) is 19.7 Å². The normalized spacial score (nSPS) is 14.2. The standard InChI is InChI=1S/C26H29N3O3/c30-25(9-6-20-32-24-7-2-1-3-8-24)27-22-14-18-29(19-15-22)26(31)21-10-12-23(13-11-21)28-16-4-5-17-28/h1-5,7-8,10-13,16-17,22H,6,9,14-15,18-20H2,(H,27,30). The summed E-state index contributed by atoms with van der Waals surface area (Å²) in [5.74, 6) is 0.920. The van der Waals surface area contributed by atoms with Crippen LogP contribution in [0, 0.1) is 0 Å². The molecule has 0 atom stereocenters. The highest BCUT2D eigenvalue weighted by atomic mass is 16.5. The van der Waals surface area contributed by atoms with Crippen LogP contribution in [-0.4, -0.2) is 47.0 Å². The van der Waals surface area contributed by atoms with E-state index in [-0.39, 0.29) is 17.9 Å². The van der Waals surface area contributed by atoms with Crippen LogP contribution in [0.2, 0.25) is 0 Å². The molecular formula is C26H29N3O3. The zero-order chi connectivity index (χ0) is 22.2. The summed E-state index contributed by atoms with van der Waals surface area (Å²) in [4.78, 5) is 27.0. The predicted octanol–water partition coefficient (Wildman–Crippen LogP) is 4.06. The van der Waals surface area contributed by atoms with E-state index in [4.69, 9.17) is 4.74 Å². The van der Waals surface area contributed by atoms with Gasteiger partial charge in [-0.15, -0.1) is 0 Å². The van der Waals surface area contributed by atoms with Crippen molar-refractivity contribution in [1.82, 2.24) is 14.8 Å². The minimum Gasteiger partial charge on any atom is -0.494 e. The minimum atomic E-state index is 0.0480. The largest absolute Gasteiger partial charge is 0.494 e. The van der Waals surface area contributed by atoms with E-state index in [2.05, 4.69) is 5.32 Å². The van der Waals surface area contributed by atoms with E-state index in [0.717, 1.165) is 24.3 Å². The molecule has 1 aliphatic rings. The van der Waals surface area contributed by atoms with Crippen molar-refractivity contribution < 1.29 is 14.3 Å². The van der Waals surface area contributed by atoms with Crippen LogP contribution in [0.25, 0.3) is 5.69 Å². The topological polar surface area (TPSA) is 63.6 Å². The summed E-state index contributed by atoms with van der Waals surface area (Å²) in [5, 5.41) is 3.10. The van der Waals surface area contributed by atoms with Crippen molar-refractivity contribution in [3.63, 3.8) is 0 Å². The summed E-state index contributed by atoms with van der Waals surface area (Å²) in [6.07, 6.45) is 6.63. The van der Waals surface area contributed by atoms with Gasteiger partial charge in [-0.3, -0.25) is 9.59 Å². The minimum absolute atomic E-state index is 0.0480. The lowest BCUT2D eigenvalue weighted by atomic mass is 10.0. The van der Waals surface area contributed by atoms with Gasteiger partial charge in [-0.05, 0) is 67.8 Å². The Labute approximate surface area is 188 Å². The second kappa shape index (κ2) is 10.7. The summed E-state index contributed by atoms with van der Waals surface area (Å²) in [5.41, 5.74) is 1.73. The van der Waals surface area contributed by atoms with Crippen LogP contribution in [-0.2, 0) is 4.79 Å². The molecule has 2 heterocycles. The molecule has 0 spiro atoms. The van der Waals surface area contributed by atoms with Crippen LogP contribution in [0.15, 0.2) is 79.1 Å². The third-order valence-corrected chi connectivity index (χ3v) is 5.72. The highest BCUT2D eigenvalue weighted by Gasteiger charge is 2.24. The van der Waals surface area contributed by atoms with Gasteiger partial charge in [0, 0.05) is 49.2 Å². The summed E-state index contributed by atoms with van der Waals surface area (Å²) in [6, 6.07) is 21.4. The Morgan fingerprint density at radius 2 is 1.59 bits per heavy atom. The molecule has 1 saturated heterocycles. The van der Waals surface area contributed by atoms with Crippen LogP contribution in [0.3, 0.4) is 0 Å². The number of nitrogens with zero attached hydrogens (tertiary/aromatic N) is 2. The van der Waals surface area contributed by atoms with Crippen molar-refractivity contribution in [1.29, 1.82) is 0 Å². The molecule has 1 N–H and O–H groups in total. The lowest BCUT2D eigenvalue weighted by Crippen LogP contribution is -2.46. The zero-order valence-electron chi connectivity index (χ0n) is 18.2. The van der Waals surface area contributed by atoms with Gasteiger partial charge in [-0.1, -0.05) is 18.2 Å². The fourth-order valence-electron chi connectivity index (χ4n) is 3.93. The first-order valence-corrected chi connectivity index (χ1v) is 11.2. The van der Waals surface area contributed by atoms with Gasteiger partial charge in [0.05, 0.1) is 6.61 Å². The number of hydrogen-bond acceptors (Lipinski definition) is 3. The lowest BCUT2D eigenvalue weighted by Gasteiger charge is -2.32. The summed E-state index contributed by atoms with van der Waals surface area (Å²) in [6.45, 7) is 1.83. The van der Waals surface area contributed by atoms with Gasteiger partial charge in [0.25, 0.3) is 5.91 Å². The van der Waals surface area contributed by atoms with Crippen LogP contribution in [0.4, 0.5) is 0 Å². The summed E-state index contributed by atoms with van der Waals surface area (Å²) < 4.78 is 7.64. The second-order valence-electron chi connectivity index (χ2n) is 8.04. The van der Waals surface area contributed by atoms with Crippen LogP contribution in [0.5, 0.6) is 5.75 Å². The van der Waals surface area contributed by atoms with E-state index in [1.54, 1.807) is 0 Å². The maximum absolute atomic E-state index is 12.8. The highest BCUT2D eigenvalue weighted by molar-refractivity contribution is 5.94. The Morgan fingerprint density at radius 1 is 0.906 bits per heavy atom. The number of ether oxygens (including phenoxy) is 1. The molecule has 4 rings (SSSR count). The van der Waals surface area contributed by atoms with Crippen molar-refractivity contribution in [2.45, 2.75) is 31.7 Å². The number of piperidine rings is 1. The Morgan fingerprint density at radius 3 is 2.28 bits per heavy atom. The van der Waals surface area contributed by atoms with Crippen molar-refractivity contribution >= 4 is 11.8 Å². The molecule has 2 amide bonds. The predicted molar refractivity (Wildman–Crippen MR) is 124 cm³/mol. The van der Waals surface area contributed by atoms with Gasteiger partial charge < -0.3 is 19.5 Å². The van der Waals surface area contributed by atoms with E-state index in [9.17, 15) is 9.59 Å². The first-order valence-electron chi connectivity index (χ1n) is 11.2. The summed E-state index contributed by atoms with van der Waals surface area (Å²) in [7, 11) is 0. The number of carbonyl (C=O) groups is 2. The van der Waals surface area contributed by atoms with Crippen molar-refractivity contribution in [2.24, 2.45) is 0 Å². The number of hydrogen-bond donors (Lipinski definition) is 1. The number of benzene rings is 2. The number of aromatic nitrogens is 1. The number of nitrogens with one attached hydrogen (secondary N) is 1. The zero-order valence-corrected chi connectivity index (χ0v) is 18.2. The number of rotatable bonds is 8. The van der Waals surface area contributed by atoms with Gasteiger partial charge in [0.2, 0.25) is 5.91 Å². The van der Waals surface area contributed by atoms with E-state index < -0.39 is 0 Å². The first-order chi connectivity index (χ1) is 15.7. The molecule has 0 saturated carbocycles. The average molecular weight is 432 g/mol. The molecule has 6 heteroatoms. The van der Waals surface area contributed by atoms with Crippen LogP contribution < -0.4 is 10.1 Å². The number of likely N-dealkylation sites (tertiary alicyclic amines) is 1. The van der Waals surface area contributed by atoms with E-state index in [0.29, 0.717) is 38.1 Å². The fraction of sp³-hybridized carbons (Fsp3) is 0.308. The third kappa shape index (κ3) is 5.78. The van der Waals surface area contributed by atoms with Gasteiger partial charge in [0.15, 0.2) is 0 Å². The van der Waals surface area contributed by atoms with Crippen LogP contribution >= 0.6 is 0 Å². The lowest BCUT2D eigenvalue weighted by molar-refractivity contribution is -0.122. The molecular weight excluding hydrogens is 402 g/mol. The average Bonchev–Trinajstić information content (AvgIpc) is 3.38. The Hall–Kier alpha value is -3.54. The molecule has 3 aromatic rings. The van der Waals surface area contributed by atoms with Crippen LogP contribution in [0.1, 0.15) is 36.0 Å². The molecule has 0 radical (unpaired) electrons. The van der Waals surface area contributed by atoms with Crippen molar-refractivity contribution in [3.05, 3.63) is 84.7 Å². The quantitative estimate of drug-likeness (QED) is 0.547. The SMILES string of the molecule is O=C(CCCOc1ccccc1)NC1CCN(C(=O)c2ccc(-n3cccc3)cc2)CC1. The molecule has 0 bridgehead atoms. The van der Waals surface area contributed by atoms with Gasteiger partial charge in [-0.2, -0.15) is 0 Å². The molecule has 1 aromatic heterocycles. The third-order valence-electron chi connectivity index (χ3n) is 5.72. The van der Waals surface area contributed by atoms with E-state index in [1.807, 2.05) is 88.6 Å². The highest BCUT2D eigenvalue weighted by Crippen LogP contribution is 2.16. The molecule has 0 aliphatic carbocycles. The molecule has 32 heavy (non-hydrogen) atoms. The Bertz CT molecular complexity index is 993. The number of carbonyl (C=O) groups excluding carboxylic acids is 2. The Kier molecular flexibility index (Phi) is 7.23. The molecule has 1 aliphatic heterocycles. The summed E-state index contributed by atoms with van der Waals surface area (Å²) >= 11 is 0. The van der Waals surface area contributed by atoms with Gasteiger partial charge in [-0.25, -0.2) is 0 Å². The van der Waals surface area contributed by atoms with Gasteiger partial charge in [0.1, 0.15) is 5.75 Å². The monoisotopic (exact) mass is 431 g/mol. The maximum Gasteiger partial charge on any atom is 0.253 e. The second-order valence-corrected chi connectivity index (χ2v) is 8.04. The fourth-order valence-corrected chi connectivity index (χ4v) is 3.93. The molecule has 166 valence electrons. The molecule has 0 unspecified atom stereocenters. The molecule has 1 fully saturated rings.